The van der Waals surface area contributed by atoms with Crippen LogP contribution in [-0.4, -0.2) is 15.7 Å². The molecule has 0 atom stereocenters. The summed E-state index contributed by atoms with van der Waals surface area (Å²) < 4.78 is 46.1. The van der Waals surface area contributed by atoms with Gasteiger partial charge >= 0.3 is 6.18 Å². The SMILES string of the molecule is O=C(NCc1ccco1)c1cnn(-c2ccccc2)c1C(F)(F)F. The molecule has 3 aromatic rings. The third-order valence-electron chi connectivity index (χ3n) is 3.29. The van der Waals surface area contributed by atoms with E-state index >= 15 is 0 Å². The van der Waals surface area contributed by atoms with Crippen LogP contribution in [0.2, 0.25) is 0 Å². The van der Waals surface area contributed by atoms with E-state index in [9.17, 15) is 18.0 Å². The van der Waals surface area contributed by atoms with E-state index in [0.717, 1.165) is 6.20 Å². The zero-order chi connectivity index (χ0) is 17.2. The predicted octanol–water partition coefficient (Wildman–Crippen LogP) is 3.41. The highest BCUT2D eigenvalue weighted by atomic mass is 19.4. The molecule has 8 heteroatoms. The van der Waals surface area contributed by atoms with Crippen molar-refractivity contribution >= 4 is 5.91 Å². The van der Waals surface area contributed by atoms with Gasteiger partial charge in [0.2, 0.25) is 0 Å². The van der Waals surface area contributed by atoms with Crippen molar-refractivity contribution in [3.05, 3.63) is 71.9 Å². The van der Waals surface area contributed by atoms with Crippen molar-refractivity contribution in [3.63, 3.8) is 0 Å². The number of halogens is 3. The normalized spacial score (nSPS) is 11.5. The third kappa shape index (κ3) is 3.17. The molecule has 2 aromatic heterocycles. The van der Waals surface area contributed by atoms with Crippen LogP contribution >= 0.6 is 0 Å². The van der Waals surface area contributed by atoms with Crippen molar-refractivity contribution in [2.75, 3.05) is 0 Å². The van der Waals surface area contributed by atoms with Crippen molar-refractivity contribution in [2.24, 2.45) is 0 Å². The molecule has 5 nitrogen and oxygen atoms in total. The summed E-state index contributed by atoms with van der Waals surface area (Å²) in [6, 6.07) is 11.0. The number of hydrogen-bond donors (Lipinski definition) is 1. The number of rotatable bonds is 4. The van der Waals surface area contributed by atoms with Crippen LogP contribution in [0.4, 0.5) is 13.2 Å². The van der Waals surface area contributed by atoms with Gasteiger partial charge in [-0.15, -0.1) is 0 Å². The lowest BCUT2D eigenvalue weighted by molar-refractivity contribution is -0.143. The average molecular weight is 335 g/mol. The molecule has 0 aliphatic rings. The Hall–Kier alpha value is -3.03. The quantitative estimate of drug-likeness (QED) is 0.795. The highest BCUT2D eigenvalue weighted by Gasteiger charge is 2.40. The lowest BCUT2D eigenvalue weighted by atomic mass is 10.2. The van der Waals surface area contributed by atoms with Gasteiger partial charge in [0, 0.05) is 0 Å². The molecule has 0 aliphatic carbocycles. The number of carbonyl (C=O) groups is 1. The molecule has 0 fully saturated rings. The minimum absolute atomic E-state index is 0.0142. The number of para-hydroxylation sites is 1. The number of alkyl halides is 3. The fraction of sp³-hybridized carbons (Fsp3) is 0.125. The van der Waals surface area contributed by atoms with Gasteiger partial charge in [-0.25, -0.2) is 4.68 Å². The summed E-state index contributed by atoms with van der Waals surface area (Å²) in [4.78, 5) is 12.1. The monoisotopic (exact) mass is 335 g/mol. The first-order valence-corrected chi connectivity index (χ1v) is 6.98. The maximum atomic E-state index is 13.4. The van der Waals surface area contributed by atoms with E-state index in [2.05, 4.69) is 10.4 Å². The number of carbonyl (C=O) groups excluding carboxylic acids is 1. The Morgan fingerprint density at radius 2 is 1.92 bits per heavy atom. The summed E-state index contributed by atoms with van der Waals surface area (Å²) in [6.07, 6.45) is -2.41. The van der Waals surface area contributed by atoms with Gasteiger partial charge < -0.3 is 9.73 Å². The summed E-state index contributed by atoms with van der Waals surface area (Å²) in [7, 11) is 0. The lowest BCUT2D eigenvalue weighted by Gasteiger charge is -2.12. The molecular weight excluding hydrogens is 323 g/mol. The number of furan rings is 1. The second kappa shape index (κ2) is 6.23. The molecule has 0 saturated heterocycles. The number of hydrogen-bond acceptors (Lipinski definition) is 3. The van der Waals surface area contributed by atoms with Crippen molar-refractivity contribution in [2.45, 2.75) is 12.7 Å². The number of benzene rings is 1. The van der Waals surface area contributed by atoms with Gasteiger partial charge in [-0.1, -0.05) is 18.2 Å². The Kier molecular flexibility index (Phi) is 4.11. The molecule has 0 aliphatic heterocycles. The van der Waals surface area contributed by atoms with Crippen LogP contribution in [0.15, 0.2) is 59.3 Å². The van der Waals surface area contributed by atoms with E-state index in [-0.39, 0.29) is 12.2 Å². The van der Waals surface area contributed by atoms with Gasteiger partial charge in [0.25, 0.3) is 5.91 Å². The molecule has 3 rings (SSSR count). The molecule has 2 heterocycles. The largest absolute Gasteiger partial charge is 0.467 e. The van der Waals surface area contributed by atoms with E-state index in [1.165, 1.54) is 18.4 Å². The van der Waals surface area contributed by atoms with Crippen LogP contribution in [-0.2, 0) is 12.7 Å². The van der Waals surface area contributed by atoms with Crippen LogP contribution in [0.3, 0.4) is 0 Å². The van der Waals surface area contributed by atoms with Gasteiger partial charge in [0.1, 0.15) is 5.76 Å². The molecule has 0 saturated carbocycles. The van der Waals surface area contributed by atoms with Crippen LogP contribution in [0.1, 0.15) is 21.8 Å². The Bertz CT molecular complexity index is 824. The fourth-order valence-electron chi connectivity index (χ4n) is 2.23. The Balaban J connectivity index is 1.93. The van der Waals surface area contributed by atoms with Gasteiger partial charge in [-0.3, -0.25) is 4.79 Å². The molecule has 0 bridgehead atoms. The van der Waals surface area contributed by atoms with Gasteiger partial charge in [0.05, 0.1) is 30.3 Å². The number of nitrogens with one attached hydrogen (secondary N) is 1. The van der Waals surface area contributed by atoms with Gasteiger partial charge in [-0.2, -0.15) is 18.3 Å². The van der Waals surface area contributed by atoms with E-state index in [0.29, 0.717) is 10.4 Å². The van der Waals surface area contributed by atoms with E-state index in [4.69, 9.17) is 4.42 Å². The van der Waals surface area contributed by atoms with Crippen molar-refractivity contribution in [3.8, 4) is 5.69 Å². The second-order valence-corrected chi connectivity index (χ2v) is 4.91. The Morgan fingerprint density at radius 3 is 2.54 bits per heavy atom. The van der Waals surface area contributed by atoms with E-state index in [1.807, 2.05) is 0 Å². The zero-order valence-electron chi connectivity index (χ0n) is 12.2. The maximum absolute atomic E-state index is 13.4. The van der Waals surface area contributed by atoms with Crippen LogP contribution in [0.5, 0.6) is 0 Å². The van der Waals surface area contributed by atoms with Crippen LogP contribution in [0, 0.1) is 0 Å². The number of nitrogens with zero attached hydrogens (tertiary/aromatic N) is 2. The minimum Gasteiger partial charge on any atom is -0.467 e. The first-order valence-electron chi connectivity index (χ1n) is 6.98. The number of amides is 1. The van der Waals surface area contributed by atoms with E-state index in [1.54, 1.807) is 30.3 Å². The molecule has 0 unspecified atom stereocenters. The molecule has 1 N–H and O–H groups in total. The van der Waals surface area contributed by atoms with Crippen LogP contribution in [0.25, 0.3) is 5.69 Å². The topological polar surface area (TPSA) is 60.1 Å². The molecule has 0 spiro atoms. The molecule has 1 amide bonds. The van der Waals surface area contributed by atoms with Crippen molar-refractivity contribution in [1.29, 1.82) is 0 Å². The average Bonchev–Trinajstić information content (AvgIpc) is 3.22. The summed E-state index contributed by atoms with van der Waals surface area (Å²) in [5.74, 6) is -0.437. The second-order valence-electron chi connectivity index (χ2n) is 4.91. The summed E-state index contributed by atoms with van der Waals surface area (Å²) in [5.41, 5.74) is -1.45. The summed E-state index contributed by atoms with van der Waals surface area (Å²) in [6.45, 7) is -0.0142. The predicted molar refractivity (Wildman–Crippen MR) is 78.4 cm³/mol. The third-order valence-corrected chi connectivity index (χ3v) is 3.29. The van der Waals surface area contributed by atoms with Crippen LogP contribution < -0.4 is 5.32 Å². The summed E-state index contributed by atoms with van der Waals surface area (Å²) >= 11 is 0. The summed E-state index contributed by atoms with van der Waals surface area (Å²) in [5, 5.41) is 6.12. The minimum atomic E-state index is -4.73. The maximum Gasteiger partial charge on any atom is 0.434 e. The molecule has 124 valence electrons. The smallest absolute Gasteiger partial charge is 0.434 e. The zero-order valence-corrected chi connectivity index (χ0v) is 12.2. The standard InChI is InChI=1S/C16H12F3N3O2/c17-16(18,19)14-13(15(23)20-9-12-7-4-8-24-12)10-21-22(14)11-5-2-1-3-6-11/h1-8,10H,9H2,(H,20,23). The molecule has 1 aromatic carbocycles. The fourth-order valence-corrected chi connectivity index (χ4v) is 2.23. The van der Waals surface area contributed by atoms with Crippen molar-refractivity contribution < 1.29 is 22.4 Å². The number of aromatic nitrogens is 2. The van der Waals surface area contributed by atoms with Crippen molar-refractivity contribution in [1.82, 2.24) is 15.1 Å². The molecule has 0 radical (unpaired) electrons. The highest BCUT2D eigenvalue weighted by molar-refractivity contribution is 5.95. The van der Waals surface area contributed by atoms with E-state index < -0.39 is 23.3 Å². The molecular formula is C16H12F3N3O2. The lowest BCUT2D eigenvalue weighted by Crippen LogP contribution is -2.26. The Morgan fingerprint density at radius 1 is 1.17 bits per heavy atom. The van der Waals surface area contributed by atoms with Gasteiger partial charge in [-0.05, 0) is 24.3 Å². The van der Waals surface area contributed by atoms with Gasteiger partial charge in [0.15, 0.2) is 5.69 Å². The Labute approximate surface area is 134 Å². The first kappa shape index (κ1) is 15.9. The highest BCUT2D eigenvalue weighted by Crippen LogP contribution is 2.33. The first-order chi connectivity index (χ1) is 11.5. The molecule has 24 heavy (non-hydrogen) atoms.